The van der Waals surface area contributed by atoms with Crippen molar-refractivity contribution in [2.75, 3.05) is 25.0 Å². The fourth-order valence-electron chi connectivity index (χ4n) is 2.62. The van der Waals surface area contributed by atoms with Gasteiger partial charge in [-0.05, 0) is 61.5 Å². The molecule has 3 nitrogen and oxygen atoms in total. The molecule has 2 aromatic rings. The van der Waals surface area contributed by atoms with E-state index < -0.39 is 0 Å². The molecule has 0 unspecified atom stereocenters. The van der Waals surface area contributed by atoms with E-state index in [0.717, 1.165) is 36.2 Å². The molecule has 100 valence electrons. The van der Waals surface area contributed by atoms with Gasteiger partial charge in [-0.2, -0.15) is 0 Å². The summed E-state index contributed by atoms with van der Waals surface area (Å²) in [6.07, 6.45) is 4.13. The SMILES string of the molecule is Fc1ccc2c(NCC3CCNCC3)nccc2c1. The van der Waals surface area contributed by atoms with Gasteiger partial charge in [0.1, 0.15) is 11.6 Å². The molecular weight excluding hydrogens is 241 g/mol. The summed E-state index contributed by atoms with van der Waals surface area (Å²) < 4.78 is 13.2. The van der Waals surface area contributed by atoms with Crippen LogP contribution in [0.1, 0.15) is 12.8 Å². The first-order chi connectivity index (χ1) is 9.33. The molecule has 1 aromatic heterocycles. The third-order valence-electron chi connectivity index (χ3n) is 3.74. The smallest absolute Gasteiger partial charge is 0.133 e. The van der Waals surface area contributed by atoms with Crippen LogP contribution in [-0.4, -0.2) is 24.6 Å². The monoisotopic (exact) mass is 259 g/mol. The van der Waals surface area contributed by atoms with Gasteiger partial charge in [0.05, 0.1) is 0 Å². The lowest BCUT2D eigenvalue weighted by Crippen LogP contribution is -2.31. The summed E-state index contributed by atoms with van der Waals surface area (Å²) in [5, 5.41) is 8.65. The molecule has 0 saturated carbocycles. The molecular formula is C15H18FN3. The first-order valence-corrected chi connectivity index (χ1v) is 6.82. The summed E-state index contributed by atoms with van der Waals surface area (Å²) in [5.74, 6) is 1.35. The topological polar surface area (TPSA) is 37.0 Å². The maximum Gasteiger partial charge on any atom is 0.133 e. The van der Waals surface area contributed by atoms with E-state index in [0.29, 0.717) is 5.92 Å². The van der Waals surface area contributed by atoms with Crippen molar-refractivity contribution in [3.63, 3.8) is 0 Å². The Morgan fingerprint density at radius 2 is 2.11 bits per heavy atom. The van der Waals surface area contributed by atoms with E-state index in [2.05, 4.69) is 15.6 Å². The fourth-order valence-corrected chi connectivity index (χ4v) is 2.62. The minimum atomic E-state index is -0.206. The highest BCUT2D eigenvalue weighted by molar-refractivity contribution is 5.91. The number of fused-ring (bicyclic) bond motifs is 1. The molecule has 19 heavy (non-hydrogen) atoms. The summed E-state index contributed by atoms with van der Waals surface area (Å²) >= 11 is 0. The Kier molecular flexibility index (Phi) is 3.60. The van der Waals surface area contributed by atoms with Crippen molar-refractivity contribution in [3.8, 4) is 0 Å². The van der Waals surface area contributed by atoms with Gasteiger partial charge in [-0.15, -0.1) is 0 Å². The highest BCUT2D eigenvalue weighted by atomic mass is 19.1. The minimum Gasteiger partial charge on any atom is -0.369 e. The van der Waals surface area contributed by atoms with Crippen molar-refractivity contribution < 1.29 is 4.39 Å². The number of benzene rings is 1. The summed E-state index contributed by atoms with van der Waals surface area (Å²) in [4.78, 5) is 4.37. The maximum absolute atomic E-state index is 13.2. The molecule has 2 N–H and O–H groups in total. The number of hydrogen-bond donors (Lipinski definition) is 2. The molecule has 0 amide bonds. The number of hydrogen-bond acceptors (Lipinski definition) is 3. The zero-order chi connectivity index (χ0) is 13.1. The molecule has 1 aliphatic heterocycles. The van der Waals surface area contributed by atoms with Gasteiger partial charge in [0.15, 0.2) is 0 Å². The van der Waals surface area contributed by atoms with Crippen LogP contribution in [0.4, 0.5) is 10.2 Å². The molecule has 1 saturated heterocycles. The number of nitrogens with zero attached hydrogens (tertiary/aromatic N) is 1. The molecule has 1 aliphatic rings. The molecule has 1 fully saturated rings. The highest BCUT2D eigenvalue weighted by Crippen LogP contribution is 2.22. The van der Waals surface area contributed by atoms with Crippen LogP contribution >= 0.6 is 0 Å². The van der Waals surface area contributed by atoms with Crippen LogP contribution in [0.15, 0.2) is 30.5 Å². The van der Waals surface area contributed by atoms with Crippen molar-refractivity contribution in [2.24, 2.45) is 5.92 Å². The van der Waals surface area contributed by atoms with Crippen molar-refractivity contribution in [1.82, 2.24) is 10.3 Å². The first-order valence-electron chi connectivity index (χ1n) is 6.82. The minimum absolute atomic E-state index is 0.206. The van der Waals surface area contributed by atoms with E-state index in [9.17, 15) is 4.39 Å². The van der Waals surface area contributed by atoms with Crippen molar-refractivity contribution in [3.05, 3.63) is 36.3 Å². The van der Waals surface area contributed by atoms with E-state index in [1.165, 1.54) is 18.9 Å². The third-order valence-corrected chi connectivity index (χ3v) is 3.74. The second kappa shape index (κ2) is 5.53. The lowest BCUT2D eigenvalue weighted by Gasteiger charge is -2.23. The molecule has 0 atom stereocenters. The second-order valence-corrected chi connectivity index (χ2v) is 5.10. The Balaban J connectivity index is 1.76. The Labute approximate surface area is 112 Å². The molecule has 0 spiro atoms. The van der Waals surface area contributed by atoms with Gasteiger partial charge in [0.25, 0.3) is 0 Å². The quantitative estimate of drug-likeness (QED) is 0.890. The molecule has 3 rings (SSSR count). The normalized spacial score (nSPS) is 16.7. The van der Waals surface area contributed by atoms with E-state index in [-0.39, 0.29) is 5.82 Å². The van der Waals surface area contributed by atoms with Crippen LogP contribution in [0.2, 0.25) is 0 Å². The summed E-state index contributed by atoms with van der Waals surface area (Å²) in [5.41, 5.74) is 0. The zero-order valence-corrected chi connectivity index (χ0v) is 10.8. The predicted octanol–water partition coefficient (Wildman–Crippen LogP) is 2.79. The van der Waals surface area contributed by atoms with Gasteiger partial charge in [-0.1, -0.05) is 0 Å². The molecule has 0 radical (unpaired) electrons. The standard InChI is InChI=1S/C15H18FN3/c16-13-1-2-14-12(9-13)5-8-18-15(14)19-10-11-3-6-17-7-4-11/h1-2,5,8-9,11,17H,3-4,6-7,10H2,(H,18,19). The van der Waals surface area contributed by atoms with E-state index >= 15 is 0 Å². The number of rotatable bonds is 3. The molecule has 2 heterocycles. The molecule has 0 aliphatic carbocycles. The Morgan fingerprint density at radius 1 is 1.26 bits per heavy atom. The first kappa shape index (κ1) is 12.4. The molecule has 1 aromatic carbocycles. The van der Waals surface area contributed by atoms with Crippen LogP contribution < -0.4 is 10.6 Å². The number of halogens is 1. The molecule has 4 heteroatoms. The average molecular weight is 259 g/mol. The van der Waals surface area contributed by atoms with Crippen LogP contribution in [0.5, 0.6) is 0 Å². The third kappa shape index (κ3) is 2.84. The Hall–Kier alpha value is -1.68. The fraction of sp³-hybridized carbons (Fsp3) is 0.400. The van der Waals surface area contributed by atoms with Gasteiger partial charge < -0.3 is 10.6 Å². The van der Waals surface area contributed by atoms with Gasteiger partial charge in [0, 0.05) is 18.1 Å². The van der Waals surface area contributed by atoms with Crippen LogP contribution in [0.3, 0.4) is 0 Å². The number of pyridine rings is 1. The van der Waals surface area contributed by atoms with Gasteiger partial charge in [0.2, 0.25) is 0 Å². The number of anilines is 1. The Morgan fingerprint density at radius 3 is 2.95 bits per heavy atom. The lowest BCUT2D eigenvalue weighted by molar-refractivity contribution is 0.389. The predicted molar refractivity (Wildman–Crippen MR) is 75.8 cm³/mol. The van der Waals surface area contributed by atoms with E-state index in [1.807, 2.05) is 6.07 Å². The summed E-state index contributed by atoms with van der Waals surface area (Å²) in [6, 6.07) is 6.67. The molecule has 0 bridgehead atoms. The van der Waals surface area contributed by atoms with Gasteiger partial charge in [-0.25, -0.2) is 9.37 Å². The lowest BCUT2D eigenvalue weighted by atomic mass is 9.98. The van der Waals surface area contributed by atoms with Gasteiger partial charge in [-0.3, -0.25) is 0 Å². The average Bonchev–Trinajstić information content (AvgIpc) is 2.45. The summed E-state index contributed by atoms with van der Waals surface area (Å²) in [7, 11) is 0. The van der Waals surface area contributed by atoms with Crippen molar-refractivity contribution in [1.29, 1.82) is 0 Å². The van der Waals surface area contributed by atoms with Gasteiger partial charge >= 0.3 is 0 Å². The van der Waals surface area contributed by atoms with Crippen molar-refractivity contribution in [2.45, 2.75) is 12.8 Å². The maximum atomic E-state index is 13.2. The largest absolute Gasteiger partial charge is 0.369 e. The van der Waals surface area contributed by atoms with Crippen LogP contribution in [0, 0.1) is 11.7 Å². The number of aromatic nitrogens is 1. The van der Waals surface area contributed by atoms with Crippen LogP contribution in [0.25, 0.3) is 10.8 Å². The summed E-state index contributed by atoms with van der Waals surface area (Å²) in [6.45, 7) is 3.13. The zero-order valence-electron chi connectivity index (χ0n) is 10.8. The number of nitrogens with one attached hydrogen (secondary N) is 2. The van der Waals surface area contributed by atoms with E-state index in [1.54, 1.807) is 18.3 Å². The van der Waals surface area contributed by atoms with Crippen LogP contribution in [-0.2, 0) is 0 Å². The van der Waals surface area contributed by atoms with Crippen molar-refractivity contribution >= 4 is 16.6 Å². The second-order valence-electron chi connectivity index (χ2n) is 5.10. The number of piperidine rings is 1. The Bertz CT molecular complexity index is 564. The van der Waals surface area contributed by atoms with E-state index in [4.69, 9.17) is 0 Å². The highest BCUT2D eigenvalue weighted by Gasteiger charge is 2.13.